The van der Waals surface area contributed by atoms with Crippen LogP contribution < -0.4 is 5.73 Å². The summed E-state index contributed by atoms with van der Waals surface area (Å²) < 4.78 is 0. The van der Waals surface area contributed by atoms with Crippen LogP contribution in [0.4, 0.5) is 5.69 Å². The van der Waals surface area contributed by atoms with Crippen LogP contribution >= 0.6 is 0 Å². The lowest BCUT2D eigenvalue weighted by atomic mass is 9.99. The minimum Gasteiger partial charge on any atom is -0.392 e. The fraction of sp³-hybridized carbons (Fsp3) is 0.538. The van der Waals surface area contributed by atoms with Crippen LogP contribution in [0.25, 0.3) is 0 Å². The molecule has 0 saturated heterocycles. The topological polar surface area (TPSA) is 89.4 Å². The van der Waals surface area contributed by atoms with Gasteiger partial charge in [0.05, 0.1) is 11.0 Å². The molecule has 0 saturated carbocycles. The zero-order valence-corrected chi connectivity index (χ0v) is 10.6. The molecule has 1 aromatic carbocycles. The summed E-state index contributed by atoms with van der Waals surface area (Å²) in [6.07, 6.45) is 2.51. The van der Waals surface area contributed by atoms with Crippen molar-refractivity contribution in [2.45, 2.75) is 44.8 Å². The van der Waals surface area contributed by atoms with Crippen LogP contribution in [-0.2, 0) is 6.42 Å². The number of hydrogen-bond donors (Lipinski definition) is 2. The molecule has 0 heterocycles. The van der Waals surface area contributed by atoms with Gasteiger partial charge >= 0.3 is 0 Å². The summed E-state index contributed by atoms with van der Waals surface area (Å²) in [6, 6.07) is 6.21. The minimum atomic E-state index is -0.514. The maximum Gasteiger partial charge on any atom is 0.269 e. The molecule has 0 aliphatic carbocycles. The van der Waals surface area contributed by atoms with E-state index in [2.05, 4.69) is 0 Å². The van der Waals surface area contributed by atoms with Gasteiger partial charge in [-0.1, -0.05) is 25.5 Å². The van der Waals surface area contributed by atoms with Crippen LogP contribution in [0.1, 0.15) is 31.7 Å². The van der Waals surface area contributed by atoms with Gasteiger partial charge in [0, 0.05) is 18.2 Å². The zero-order chi connectivity index (χ0) is 13.5. The average Bonchev–Trinajstić information content (AvgIpc) is 2.36. The second-order valence-corrected chi connectivity index (χ2v) is 4.48. The van der Waals surface area contributed by atoms with Crippen molar-refractivity contribution in [3.05, 3.63) is 39.9 Å². The first-order chi connectivity index (χ1) is 8.54. The maximum atomic E-state index is 10.5. The Kier molecular flexibility index (Phi) is 5.74. The predicted molar refractivity (Wildman–Crippen MR) is 70.3 cm³/mol. The molecular formula is C13H20N2O3. The maximum absolute atomic E-state index is 10.5. The van der Waals surface area contributed by atoms with E-state index in [1.54, 1.807) is 12.1 Å². The SMILES string of the molecule is CCCC(N)C(O)CCc1ccc([N+](=O)[O-])cc1. The van der Waals surface area contributed by atoms with Gasteiger partial charge in [-0.2, -0.15) is 0 Å². The van der Waals surface area contributed by atoms with Gasteiger partial charge in [0.15, 0.2) is 0 Å². The molecule has 18 heavy (non-hydrogen) atoms. The number of aryl methyl sites for hydroxylation is 1. The lowest BCUT2D eigenvalue weighted by Crippen LogP contribution is -2.34. The number of aliphatic hydroxyl groups excluding tert-OH is 1. The van der Waals surface area contributed by atoms with E-state index in [4.69, 9.17) is 5.73 Å². The lowest BCUT2D eigenvalue weighted by Gasteiger charge is -2.17. The average molecular weight is 252 g/mol. The van der Waals surface area contributed by atoms with Crippen molar-refractivity contribution in [2.24, 2.45) is 5.73 Å². The molecule has 2 atom stereocenters. The number of hydrogen-bond acceptors (Lipinski definition) is 4. The summed E-state index contributed by atoms with van der Waals surface area (Å²) in [5.74, 6) is 0. The Morgan fingerprint density at radius 2 is 1.94 bits per heavy atom. The van der Waals surface area contributed by atoms with E-state index in [-0.39, 0.29) is 11.7 Å². The van der Waals surface area contributed by atoms with Gasteiger partial charge in [0.1, 0.15) is 0 Å². The van der Waals surface area contributed by atoms with Gasteiger partial charge in [0.2, 0.25) is 0 Å². The highest BCUT2D eigenvalue weighted by Crippen LogP contribution is 2.14. The molecule has 0 amide bonds. The third-order valence-corrected chi connectivity index (χ3v) is 2.99. The molecule has 0 aliphatic rings. The van der Waals surface area contributed by atoms with Crippen LogP contribution in [0.2, 0.25) is 0 Å². The predicted octanol–water partition coefficient (Wildman–Crippen LogP) is 2.02. The Morgan fingerprint density at radius 1 is 1.33 bits per heavy atom. The van der Waals surface area contributed by atoms with Gasteiger partial charge in [0.25, 0.3) is 5.69 Å². The van der Waals surface area contributed by atoms with Crippen LogP contribution in [0, 0.1) is 10.1 Å². The first-order valence-electron chi connectivity index (χ1n) is 6.21. The highest BCUT2D eigenvalue weighted by Gasteiger charge is 2.13. The molecule has 1 aromatic rings. The first-order valence-corrected chi connectivity index (χ1v) is 6.21. The lowest BCUT2D eigenvalue weighted by molar-refractivity contribution is -0.384. The first kappa shape index (κ1) is 14.6. The molecule has 0 spiro atoms. The van der Waals surface area contributed by atoms with Gasteiger partial charge in [-0.05, 0) is 24.8 Å². The van der Waals surface area contributed by atoms with Gasteiger partial charge in [-0.25, -0.2) is 0 Å². The third-order valence-electron chi connectivity index (χ3n) is 2.99. The molecular weight excluding hydrogens is 232 g/mol. The van der Waals surface area contributed by atoms with Gasteiger partial charge in [-0.15, -0.1) is 0 Å². The van der Waals surface area contributed by atoms with Crippen LogP contribution in [-0.4, -0.2) is 22.2 Å². The molecule has 0 bridgehead atoms. The molecule has 100 valence electrons. The summed E-state index contributed by atoms with van der Waals surface area (Å²) >= 11 is 0. The van der Waals surface area contributed by atoms with E-state index in [0.717, 1.165) is 18.4 Å². The number of nitrogens with zero attached hydrogens (tertiary/aromatic N) is 1. The monoisotopic (exact) mass is 252 g/mol. The molecule has 0 fully saturated rings. The summed E-state index contributed by atoms with van der Waals surface area (Å²) in [4.78, 5) is 10.1. The number of non-ortho nitro benzene ring substituents is 1. The Morgan fingerprint density at radius 3 is 2.44 bits per heavy atom. The highest BCUT2D eigenvalue weighted by atomic mass is 16.6. The summed E-state index contributed by atoms with van der Waals surface area (Å²) in [6.45, 7) is 2.03. The van der Waals surface area contributed by atoms with E-state index in [0.29, 0.717) is 12.8 Å². The molecule has 1 rings (SSSR count). The van der Waals surface area contributed by atoms with E-state index in [9.17, 15) is 15.2 Å². The number of nitro groups is 1. The van der Waals surface area contributed by atoms with Crippen molar-refractivity contribution in [3.63, 3.8) is 0 Å². The van der Waals surface area contributed by atoms with Crippen molar-refractivity contribution in [1.82, 2.24) is 0 Å². The number of aliphatic hydroxyl groups is 1. The second kappa shape index (κ2) is 7.08. The number of nitrogens with two attached hydrogens (primary N) is 1. The number of rotatable bonds is 7. The van der Waals surface area contributed by atoms with E-state index < -0.39 is 11.0 Å². The Balaban J connectivity index is 2.46. The Hall–Kier alpha value is -1.46. The van der Waals surface area contributed by atoms with Gasteiger partial charge < -0.3 is 10.8 Å². The fourth-order valence-corrected chi connectivity index (χ4v) is 1.84. The van der Waals surface area contributed by atoms with Crippen molar-refractivity contribution >= 4 is 5.69 Å². The van der Waals surface area contributed by atoms with Crippen LogP contribution in [0.15, 0.2) is 24.3 Å². The second-order valence-electron chi connectivity index (χ2n) is 4.48. The summed E-state index contributed by atoms with van der Waals surface area (Å²) in [7, 11) is 0. The molecule has 3 N–H and O–H groups in total. The molecule has 0 aliphatic heterocycles. The largest absolute Gasteiger partial charge is 0.392 e. The van der Waals surface area contributed by atoms with Crippen molar-refractivity contribution in [3.8, 4) is 0 Å². The minimum absolute atomic E-state index is 0.0852. The van der Waals surface area contributed by atoms with Gasteiger partial charge in [-0.3, -0.25) is 10.1 Å². The molecule has 0 aromatic heterocycles. The zero-order valence-electron chi connectivity index (χ0n) is 10.6. The molecule has 5 heteroatoms. The Bertz CT molecular complexity index is 378. The van der Waals surface area contributed by atoms with Crippen LogP contribution in [0.3, 0.4) is 0 Å². The molecule has 0 radical (unpaired) electrons. The van der Waals surface area contributed by atoms with Crippen molar-refractivity contribution in [1.29, 1.82) is 0 Å². The third kappa shape index (κ3) is 4.43. The van der Waals surface area contributed by atoms with E-state index >= 15 is 0 Å². The standard InChI is InChI=1S/C13H20N2O3/c1-2-3-12(14)13(16)9-6-10-4-7-11(8-5-10)15(17)18/h4-5,7-8,12-13,16H,2-3,6,9,14H2,1H3. The smallest absolute Gasteiger partial charge is 0.269 e. The van der Waals surface area contributed by atoms with E-state index in [1.165, 1.54) is 12.1 Å². The summed E-state index contributed by atoms with van der Waals surface area (Å²) in [5.41, 5.74) is 6.88. The van der Waals surface area contributed by atoms with E-state index in [1.807, 2.05) is 6.92 Å². The molecule has 5 nitrogen and oxygen atoms in total. The van der Waals surface area contributed by atoms with Crippen molar-refractivity contribution in [2.75, 3.05) is 0 Å². The Labute approximate surface area is 107 Å². The summed E-state index contributed by atoms with van der Waals surface area (Å²) in [5, 5.41) is 20.3. The molecule has 2 unspecified atom stereocenters. The fourth-order valence-electron chi connectivity index (χ4n) is 1.84. The normalized spacial score (nSPS) is 14.2. The number of nitro benzene ring substituents is 1. The highest BCUT2D eigenvalue weighted by molar-refractivity contribution is 5.32. The quantitative estimate of drug-likeness (QED) is 0.574. The van der Waals surface area contributed by atoms with Crippen LogP contribution in [0.5, 0.6) is 0 Å². The number of benzene rings is 1. The van der Waals surface area contributed by atoms with Crippen molar-refractivity contribution < 1.29 is 10.0 Å².